The van der Waals surface area contributed by atoms with Crippen LogP contribution in [0, 0.1) is 0 Å². The summed E-state index contributed by atoms with van der Waals surface area (Å²) in [6.45, 7) is 1.16. The molecule has 7 nitrogen and oxygen atoms in total. The lowest BCUT2D eigenvalue weighted by Gasteiger charge is -2.08. The predicted molar refractivity (Wildman–Crippen MR) is 95.9 cm³/mol. The zero-order valence-corrected chi connectivity index (χ0v) is 13.9. The molecule has 0 saturated carbocycles. The highest BCUT2D eigenvalue weighted by Gasteiger charge is 2.08. The number of nitrogens with zero attached hydrogens (tertiary/aromatic N) is 3. The monoisotopic (exact) mass is 337 g/mol. The Morgan fingerprint density at radius 1 is 1.12 bits per heavy atom. The van der Waals surface area contributed by atoms with Crippen molar-refractivity contribution in [3.05, 3.63) is 54.5 Å². The number of hydrogen-bond donors (Lipinski definition) is 2. The molecule has 0 spiro atoms. The fraction of sp³-hybridized carbons (Fsp3) is 0.222. The minimum Gasteiger partial charge on any atom is -0.385 e. The number of benzene rings is 1. The van der Waals surface area contributed by atoms with E-state index < -0.39 is 0 Å². The third kappa shape index (κ3) is 4.27. The second kappa shape index (κ2) is 8.16. The maximum atomic E-state index is 12.0. The second-order valence-electron chi connectivity index (χ2n) is 5.40. The molecular weight excluding hydrogens is 318 g/mol. The molecule has 0 saturated heterocycles. The largest absolute Gasteiger partial charge is 0.385 e. The van der Waals surface area contributed by atoms with Crippen molar-refractivity contribution in [3.8, 4) is 0 Å². The Kier molecular flexibility index (Phi) is 5.48. The van der Waals surface area contributed by atoms with Crippen molar-refractivity contribution in [3.63, 3.8) is 0 Å². The Labute approximate surface area is 145 Å². The molecule has 0 radical (unpaired) electrons. The van der Waals surface area contributed by atoms with Crippen LogP contribution in [-0.2, 0) is 4.74 Å². The fourth-order valence-electron chi connectivity index (χ4n) is 2.36. The molecule has 0 aliphatic heterocycles. The van der Waals surface area contributed by atoms with Gasteiger partial charge in [-0.05, 0) is 18.6 Å². The van der Waals surface area contributed by atoms with Gasteiger partial charge in [0, 0.05) is 44.2 Å². The average molecular weight is 337 g/mol. The second-order valence-corrected chi connectivity index (χ2v) is 5.40. The lowest BCUT2D eigenvalue weighted by molar-refractivity contribution is 0.0948. The SMILES string of the molecule is COCCCNC(=O)c1cnc(Nc2cccc3cccnc23)nc1. The van der Waals surface area contributed by atoms with Crippen molar-refractivity contribution >= 4 is 28.4 Å². The van der Waals surface area contributed by atoms with Crippen LogP contribution in [0.5, 0.6) is 0 Å². The van der Waals surface area contributed by atoms with Gasteiger partial charge in [-0.3, -0.25) is 9.78 Å². The number of hydrogen-bond acceptors (Lipinski definition) is 6. The highest BCUT2D eigenvalue weighted by atomic mass is 16.5. The van der Waals surface area contributed by atoms with Crippen LogP contribution in [0.3, 0.4) is 0 Å². The summed E-state index contributed by atoms with van der Waals surface area (Å²) in [6.07, 6.45) is 5.50. The van der Waals surface area contributed by atoms with Gasteiger partial charge in [0.2, 0.25) is 5.95 Å². The van der Waals surface area contributed by atoms with Gasteiger partial charge < -0.3 is 15.4 Å². The van der Waals surface area contributed by atoms with Gasteiger partial charge >= 0.3 is 0 Å². The topological polar surface area (TPSA) is 89.0 Å². The Bertz CT molecular complexity index is 846. The molecule has 7 heteroatoms. The zero-order valence-electron chi connectivity index (χ0n) is 13.9. The van der Waals surface area contributed by atoms with Gasteiger partial charge in [0.15, 0.2) is 0 Å². The van der Waals surface area contributed by atoms with Gasteiger partial charge in [0.05, 0.1) is 16.8 Å². The summed E-state index contributed by atoms with van der Waals surface area (Å²) in [5.74, 6) is 0.212. The molecule has 2 aromatic heterocycles. The Morgan fingerprint density at radius 2 is 1.92 bits per heavy atom. The summed E-state index contributed by atoms with van der Waals surface area (Å²) in [6, 6.07) is 9.72. The van der Waals surface area contributed by atoms with Crippen LogP contribution in [0.4, 0.5) is 11.6 Å². The van der Waals surface area contributed by atoms with Crippen LogP contribution in [0.25, 0.3) is 10.9 Å². The van der Waals surface area contributed by atoms with Gasteiger partial charge in [-0.15, -0.1) is 0 Å². The van der Waals surface area contributed by atoms with Crippen LogP contribution in [0.1, 0.15) is 16.8 Å². The van der Waals surface area contributed by atoms with E-state index >= 15 is 0 Å². The molecule has 0 unspecified atom stereocenters. The summed E-state index contributed by atoms with van der Waals surface area (Å²) in [7, 11) is 1.63. The van der Waals surface area contributed by atoms with Crippen molar-refractivity contribution < 1.29 is 9.53 Å². The quantitative estimate of drug-likeness (QED) is 0.644. The maximum Gasteiger partial charge on any atom is 0.254 e. The van der Waals surface area contributed by atoms with Crippen LogP contribution in [0.15, 0.2) is 48.9 Å². The van der Waals surface area contributed by atoms with E-state index in [1.165, 1.54) is 12.4 Å². The first-order valence-electron chi connectivity index (χ1n) is 7.98. The van der Waals surface area contributed by atoms with E-state index in [0.29, 0.717) is 24.7 Å². The molecule has 3 aromatic rings. The standard InChI is InChI=1S/C18H19N5O2/c1-25-10-4-9-20-17(24)14-11-21-18(22-12-14)23-15-7-2-5-13-6-3-8-19-16(13)15/h2-3,5-8,11-12H,4,9-10H2,1H3,(H,20,24)(H,21,22,23). The van der Waals surface area contributed by atoms with Crippen LogP contribution < -0.4 is 10.6 Å². The summed E-state index contributed by atoms with van der Waals surface area (Å²) >= 11 is 0. The van der Waals surface area contributed by atoms with Gasteiger partial charge in [0.25, 0.3) is 5.91 Å². The Hall–Kier alpha value is -3.06. The van der Waals surface area contributed by atoms with Crippen LogP contribution in [-0.4, -0.2) is 41.1 Å². The van der Waals surface area contributed by atoms with Crippen molar-refractivity contribution in [1.82, 2.24) is 20.3 Å². The van der Waals surface area contributed by atoms with E-state index in [1.807, 2.05) is 30.3 Å². The third-order valence-electron chi connectivity index (χ3n) is 3.60. The zero-order chi connectivity index (χ0) is 17.5. The number of pyridine rings is 1. The number of anilines is 2. The molecule has 0 aliphatic rings. The van der Waals surface area contributed by atoms with Gasteiger partial charge in [0.1, 0.15) is 0 Å². The number of fused-ring (bicyclic) bond motifs is 1. The molecule has 128 valence electrons. The Balaban J connectivity index is 1.67. The highest BCUT2D eigenvalue weighted by molar-refractivity contribution is 5.94. The number of para-hydroxylation sites is 1. The molecule has 1 aromatic carbocycles. The first-order chi connectivity index (χ1) is 12.3. The molecule has 0 bridgehead atoms. The molecule has 2 N–H and O–H groups in total. The first kappa shape index (κ1) is 16.8. The molecule has 0 atom stereocenters. The first-order valence-corrected chi connectivity index (χ1v) is 7.98. The Morgan fingerprint density at radius 3 is 2.72 bits per heavy atom. The minimum absolute atomic E-state index is 0.200. The summed E-state index contributed by atoms with van der Waals surface area (Å²) in [4.78, 5) is 24.8. The number of nitrogens with one attached hydrogen (secondary N) is 2. The van der Waals surface area contributed by atoms with E-state index in [1.54, 1.807) is 13.3 Å². The van der Waals surface area contributed by atoms with E-state index in [-0.39, 0.29) is 5.91 Å². The molecule has 0 aliphatic carbocycles. The van der Waals surface area contributed by atoms with Crippen molar-refractivity contribution in [2.45, 2.75) is 6.42 Å². The maximum absolute atomic E-state index is 12.0. The van der Waals surface area contributed by atoms with E-state index in [2.05, 4.69) is 25.6 Å². The molecular formula is C18H19N5O2. The molecule has 2 heterocycles. The summed E-state index contributed by atoms with van der Waals surface area (Å²) < 4.78 is 4.94. The molecule has 0 fully saturated rings. The number of methoxy groups -OCH3 is 1. The van der Waals surface area contributed by atoms with Crippen LogP contribution in [0.2, 0.25) is 0 Å². The highest BCUT2D eigenvalue weighted by Crippen LogP contribution is 2.22. The summed E-state index contributed by atoms with van der Waals surface area (Å²) in [5, 5.41) is 6.97. The third-order valence-corrected chi connectivity index (χ3v) is 3.60. The van der Waals surface area contributed by atoms with E-state index in [0.717, 1.165) is 23.0 Å². The number of carbonyl (C=O) groups excluding carboxylic acids is 1. The van der Waals surface area contributed by atoms with Gasteiger partial charge in [-0.2, -0.15) is 0 Å². The van der Waals surface area contributed by atoms with Crippen molar-refractivity contribution in [2.75, 3.05) is 25.6 Å². The van der Waals surface area contributed by atoms with E-state index in [4.69, 9.17) is 4.74 Å². The van der Waals surface area contributed by atoms with Crippen molar-refractivity contribution in [1.29, 1.82) is 0 Å². The summed E-state index contributed by atoms with van der Waals surface area (Å²) in [5.41, 5.74) is 2.07. The average Bonchev–Trinajstić information content (AvgIpc) is 2.66. The lowest BCUT2D eigenvalue weighted by atomic mass is 10.2. The van der Waals surface area contributed by atoms with Crippen molar-refractivity contribution in [2.24, 2.45) is 0 Å². The van der Waals surface area contributed by atoms with Crippen LogP contribution >= 0.6 is 0 Å². The molecule has 1 amide bonds. The van der Waals surface area contributed by atoms with Gasteiger partial charge in [-0.25, -0.2) is 9.97 Å². The molecule has 3 rings (SSSR count). The lowest BCUT2D eigenvalue weighted by Crippen LogP contribution is -2.25. The van der Waals surface area contributed by atoms with E-state index in [9.17, 15) is 4.79 Å². The van der Waals surface area contributed by atoms with Gasteiger partial charge in [-0.1, -0.05) is 18.2 Å². The number of amides is 1. The molecule has 25 heavy (non-hydrogen) atoms. The number of ether oxygens (including phenoxy) is 1. The number of aromatic nitrogens is 3. The number of carbonyl (C=O) groups is 1. The number of rotatable bonds is 7. The predicted octanol–water partition coefficient (Wildman–Crippen LogP) is 2.53. The minimum atomic E-state index is -0.200. The normalized spacial score (nSPS) is 10.6. The smallest absolute Gasteiger partial charge is 0.254 e. The fourth-order valence-corrected chi connectivity index (χ4v) is 2.36.